The van der Waals surface area contributed by atoms with Gasteiger partial charge < -0.3 is 5.32 Å². The molecule has 1 atom stereocenters. The van der Waals surface area contributed by atoms with Crippen LogP contribution in [0, 0.1) is 5.92 Å². The molecule has 5 nitrogen and oxygen atoms in total. The van der Waals surface area contributed by atoms with Crippen LogP contribution in [-0.4, -0.2) is 56.8 Å². The van der Waals surface area contributed by atoms with E-state index in [9.17, 15) is 8.42 Å². The number of nitrogens with zero attached hydrogens (tertiary/aromatic N) is 2. The number of piperidine rings is 1. The maximum atomic E-state index is 12.4. The topological polar surface area (TPSA) is 52.7 Å². The lowest BCUT2D eigenvalue weighted by molar-refractivity contribution is 0.249. The number of hydrogen-bond acceptors (Lipinski definition) is 3. The van der Waals surface area contributed by atoms with Gasteiger partial charge in [0.1, 0.15) is 0 Å². The lowest BCUT2D eigenvalue weighted by atomic mass is 10.00. The molecule has 0 saturated carbocycles. The summed E-state index contributed by atoms with van der Waals surface area (Å²) in [6.45, 7) is 3.69. The van der Waals surface area contributed by atoms with Gasteiger partial charge in [0.05, 0.1) is 0 Å². The molecule has 2 aliphatic heterocycles. The maximum absolute atomic E-state index is 12.4. The van der Waals surface area contributed by atoms with Gasteiger partial charge in [-0.1, -0.05) is 0 Å². The molecule has 0 aliphatic carbocycles. The fourth-order valence-electron chi connectivity index (χ4n) is 2.77. The van der Waals surface area contributed by atoms with E-state index in [4.69, 9.17) is 0 Å². The fraction of sp³-hybridized carbons (Fsp3) is 1.00. The minimum Gasteiger partial charge on any atom is -0.319 e. The molecule has 2 heterocycles. The number of hydrogen-bond donors (Lipinski definition) is 1. The Morgan fingerprint density at radius 3 is 2.41 bits per heavy atom. The Kier molecular flexibility index (Phi) is 4.41. The fourth-order valence-corrected chi connectivity index (χ4v) is 4.58. The van der Waals surface area contributed by atoms with Crippen molar-refractivity contribution in [3.8, 4) is 0 Å². The third-order valence-electron chi connectivity index (χ3n) is 3.69. The van der Waals surface area contributed by atoms with Crippen molar-refractivity contribution in [1.29, 1.82) is 0 Å². The van der Waals surface area contributed by atoms with Gasteiger partial charge in [-0.15, -0.1) is 0 Å². The minimum absolute atomic E-state index is 0.464. The molecule has 100 valence electrons. The van der Waals surface area contributed by atoms with Gasteiger partial charge in [0.2, 0.25) is 0 Å². The van der Waals surface area contributed by atoms with Crippen molar-refractivity contribution in [3.05, 3.63) is 0 Å². The SMILES string of the molecule is CNCC1CCCN(S(=O)(=O)N2CCCC2)C1. The molecule has 0 amide bonds. The Hall–Kier alpha value is -0.170. The van der Waals surface area contributed by atoms with E-state index in [0.29, 0.717) is 32.1 Å². The van der Waals surface area contributed by atoms with E-state index in [-0.39, 0.29) is 0 Å². The predicted octanol–water partition coefficient (Wildman–Crippen LogP) is 0.258. The standard InChI is InChI=1S/C11H23N3O2S/c1-12-9-11-5-4-8-14(10-11)17(15,16)13-6-2-3-7-13/h11-12H,2-10H2,1H3. The molecular formula is C11H23N3O2S. The summed E-state index contributed by atoms with van der Waals surface area (Å²) in [6, 6.07) is 0. The zero-order chi connectivity index (χ0) is 12.3. The Bertz CT molecular complexity index is 337. The first-order valence-electron chi connectivity index (χ1n) is 6.54. The first-order valence-corrected chi connectivity index (χ1v) is 7.94. The lowest BCUT2D eigenvalue weighted by Crippen LogP contribution is -2.48. The van der Waals surface area contributed by atoms with Crippen molar-refractivity contribution in [2.75, 3.05) is 39.8 Å². The van der Waals surface area contributed by atoms with E-state index in [1.54, 1.807) is 8.61 Å². The highest BCUT2D eigenvalue weighted by Crippen LogP contribution is 2.23. The Balaban J connectivity index is 2.00. The van der Waals surface area contributed by atoms with Crippen molar-refractivity contribution in [1.82, 2.24) is 13.9 Å². The second-order valence-corrected chi connectivity index (χ2v) is 6.97. The molecule has 1 N–H and O–H groups in total. The lowest BCUT2D eigenvalue weighted by Gasteiger charge is -2.34. The van der Waals surface area contributed by atoms with Crippen LogP contribution < -0.4 is 5.32 Å². The van der Waals surface area contributed by atoms with E-state index in [1.165, 1.54) is 0 Å². The predicted molar refractivity (Wildman–Crippen MR) is 68.0 cm³/mol. The van der Waals surface area contributed by atoms with Crippen LogP contribution in [0.1, 0.15) is 25.7 Å². The van der Waals surface area contributed by atoms with Crippen molar-refractivity contribution in [2.24, 2.45) is 5.92 Å². The van der Waals surface area contributed by atoms with Crippen LogP contribution >= 0.6 is 0 Å². The van der Waals surface area contributed by atoms with Crippen LogP contribution in [0.3, 0.4) is 0 Å². The highest BCUT2D eigenvalue weighted by Gasteiger charge is 2.34. The molecule has 2 saturated heterocycles. The van der Waals surface area contributed by atoms with Crippen LogP contribution in [-0.2, 0) is 10.2 Å². The molecule has 0 bridgehead atoms. The summed E-state index contributed by atoms with van der Waals surface area (Å²) in [4.78, 5) is 0. The van der Waals surface area contributed by atoms with Gasteiger partial charge in [0.25, 0.3) is 10.2 Å². The molecule has 17 heavy (non-hydrogen) atoms. The number of nitrogens with one attached hydrogen (secondary N) is 1. The van der Waals surface area contributed by atoms with E-state index >= 15 is 0 Å². The summed E-state index contributed by atoms with van der Waals surface area (Å²) in [5, 5.41) is 3.14. The molecule has 0 aromatic rings. The third kappa shape index (κ3) is 2.99. The van der Waals surface area contributed by atoms with Crippen molar-refractivity contribution < 1.29 is 8.42 Å². The zero-order valence-electron chi connectivity index (χ0n) is 10.6. The quantitative estimate of drug-likeness (QED) is 0.790. The number of rotatable bonds is 4. The Morgan fingerprint density at radius 2 is 1.76 bits per heavy atom. The van der Waals surface area contributed by atoms with Crippen LogP contribution in [0.15, 0.2) is 0 Å². The first-order chi connectivity index (χ1) is 8.14. The van der Waals surface area contributed by atoms with Gasteiger partial charge in [-0.3, -0.25) is 0 Å². The maximum Gasteiger partial charge on any atom is 0.281 e. The summed E-state index contributed by atoms with van der Waals surface area (Å²) < 4.78 is 28.1. The monoisotopic (exact) mass is 261 g/mol. The molecule has 1 unspecified atom stereocenters. The van der Waals surface area contributed by atoms with Crippen molar-refractivity contribution in [3.63, 3.8) is 0 Å². The third-order valence-corrected chi connectivity index (χ3v) is 5.69. The summed E-state index contributed by atoms with van der Waals surface area (Å²) in [5.41, 5.74) is 0. The Morgan fingerprint density at radius 1 is 1.12 bits per heavy atom. The van der Waals surface area contributed by atoms with Crippen molar-refractivity contribution >= 4 is 10.2 Å². The van der Waals surface area contributed by atoms with Gasteiger partial charge in [0, 0.05) is 26.2 Å². The molecule has 2 fully saturated rings. The second kappa shape index (κ2) is 5.65. The van der Waals surface area contributed by atoms with Gasteiger partial charge in [-0.25, -0.2) is 0 Å². The first kappa shape index (κ1) is 13.3. The summed E-state index contributed by atoms with van der Waals surface area (Å²) in [5.74, 6) is 0.464. The normalized spacial score (nSPS) is 28.6. The molecule has 0 spiro atoms. The Labute approximate surface area is 104 Å². The highest BCUT2D eigenvalue weighted by atomic mass is 32.2. The van der Waals surface area contributed by atoms with Crippen LogP contribution in [0.5, 0.6) is 0 Å². The van der Waals surface area contributed by atoms with Gasteiger partial charge >= 0.3 is 0 Å². The van der Waals surface area contributed by atoms with E-state index in [2.05, 4.69) is 5.32 Å². The smallest absolute Gasteiger partial charge is 0.281 e. The minimum atomic E-state index is -3.17. The zero-order valence-corrected chi connectivity index (χ0v) is 11.4. The second-order valence-electron chi connectivity index (χ2n) is 5.04. The van der Waals surface area contributed by atoms with Crippen LogP contribution in [0.25, 0.3) is 0 Å². The summed E-state index contributed by atoms with van der Waals surface area (Å²) >= 11 is 0. The molecule has 0 radical (unpaired) electrons. The molecule has 0 aromatic carbocycles. The molecule has 2 rings (SSSR count). The summed E-state index contributed by atoms with van der Waals surface area (Å²) in [6.07, 6.45) is 4.13. The van der Waals surface area contributed by atoms with Crippen LogP contribution in [0.2, 0.25) is 0 Å². The van der Waals surface area contributed by atoms with Crippen molar-refractivity contribution in [2.45, 2.75) is 25.7 Å². The van der Waals surface area contributed by atoms with Gasteiger partial charge in [0.15, 0.2) is 0 Å². The van der Waals surface area contributed by atoms with Crippen LogP contribution in [0.4, 0.5) is 0 Å². The molecular weight excluding hydrogens is 238 g/mol. The molecule has 0 aromatic heterocycles. The van der Waals surface area contributed by atoms with Gasteiger partial charge in [-0.05, 0) is 45.2 Å². The largest absolute Gasteiger partial charge is 0.319 e. The highest BCUT2D eigenvalue weighted by molar-refractivity contribution is 7.86. The average molecular weight is 261 g/mol. The summed E-state index contributed by atoms with van der Waals surface area (Å²) in [7, 11) is -1.25. The molecule has 2 aliphatic rings. The average Bonchev–Trinajstić information content (AvgIpc) is 2.84. The van der Waals surface area contributed by atoms with E-state index in [0.717, 1.165) is 32.2 Å². The molecule has 6 heteroatoms. The van der Waals surface area contributed by atoms with Gasteiger partial charge in [-0.2, -0.15) is 17.0 Å². The van der Waals surface area contributed by atoms with E-state index in [1.807, 2.05) is 7.05 Å². The van der Waals surface area contributed by atoms with E-state index < -0.39 is 10.2 Å².